The van der Waals surface area contributed by atoms with Crippen LogP contribution in [0.4, 0.5) is 0 Å². The second-order valence-electron chi connectivity index (χ2n) is 7.46. The Bertz CT molecular complexity index is 982. The highest BCUT2D eigenvalue weighted by atomic mass is 16.3. The fourth-order valence-electron chi connectivity index (χ4n) is 3.78. The molecule has 2 atom stereocenters. The molecule has 29 heavy (non-hydrogen) atoms. The maximum absolute atomic E-state index is 13.1. The number of nitrogens with zero attached hydrogens (tertiary/aromatic N) is 1. The van der Waals surface area contributed by atoms with Gasteiger partial charge in [0.25, 0.3) is 5.91 Å². The summed E-state index contributed by atoms with van der Waals surface area (Å²) in [5.74, 6) is 0.0352. The molecule has 2 aromatic carbocycles. The molecule has 1 aliphatic rings. The molecular weight excluding hydrogens is 364 g/mol. The number of hydrogen-bond donors (Lipinski definition) is 1. The van der Waals surface area contributed by atoms with E-state index >= 15 is 0 Å². The van der Waals surface area contributed by atoms with Crippen molar-refractivity contribution in [3.63, 3.8) is 0 Å². The Labute approximate surface area is 170 Å². The predicted molar refractivity (Wildman–Crippen MR) is 110 cm³/mol. The van der Waals surface area contributed by atoms with Gasteiger partial charge in [0.15, 0.2) is 5.76 Å². The number of amides is 2. The van der Waals surface area contributed by atoms with Gasteiger partial charge in [-0.25, -0.2) is 0 Å². The summed E-state index contributed by atoms with van der Waals surface area (Å²) in [6.07, 6.45) is 1.97. The molecule has 3 aromatic rings. The molecule has 5 nitrogen and oxygen atoms in total. The van der Waals surface area contributed by atoms with Crippen LogP contribution in [0.3, 0.4) is 0 Å². The lowest BCUT2D eigenvalue weighted by molar-refractivity contribution is -0.126. The van der Waals surface area contributed by atoms with Gasteiger partial charge in [-0.2, -0.15) is 0 Å². The largest absolute Gasteiger partial charge is 0.459 e. The summed E-state index contributed by atoms with van der Waals surface area (Å²) >= 11 is 0. The van der Waals surface area contributed by atoms with Gasteiger partial charge in [0, 0.05) is 19.5 Å². The van der Waals surface area contributed by atoms with Crippen LogP contribution in [0.15, 0.2) is 77.4 Å². The van der Waals surface area contributed by atoms with Crippen LogP contribution in [0.5, 0.6) is 0 Å². The highest BCUT2D eigenvalue weighted by Crippen LogP contribution is 2.25. The van der Waals surface area contributed by atoms with Crippen molar-refractivity contribution in [2.75, 3.05) is 6.54 Å². The van der Waals surface area contributed by atoms with E-state index in [4.69, 9.17) is 4.42 Å². The molecule has 0 saturated heterocycles. The Morgan fingerprint density at radius 2 is 1.76 bits per heavy atom. The average Bonchev–Trinajstić information content (AvgIpc) is 3.31. The van der Waals surface area contributed by atoms with Crippen LogP contribution in [-0.4, -0.2) is 29.3 Å². The maximum Gasteiger partial charge on any atom is 0.290 e. The van der Waals surface area contributed by atoms with Gasteiger partial charge in [-0.1, -0.05) is 61.5 Å². The number of hydrogen-bond acceptors (Lipinski definition) is 3. The van der Waals surface area contributed by atoms with Crippen molar-refractivity contribution >= 4 is 11.8 Å². The van der Waals surface area contributed by atoms with Crippen molar-refractivity contribution in [3.05, 3.63) is 95.4 Å². The zero-order chi connectivity index (χ0) is 20.2. The number of rotatable bonds is 5. The van der Waals surface area contributed by atoms with E-state index in [0.29, 0.717) is 19.5 Å². The third-order valence-electron chi connectivity index (χ3n) is 5.50. The van der Waals surface area contributed by atoms with Crippen LogP contribution in [0.25, 0.3) is 0 Å². The van der Waals surface area contributed by atoms with Gasteiger partial charge in [0.2, 0.25) is 5.91 Å². The summed E-state index contributed by atoms with van der Waals surface area (Å²) in [7, 11) is 0. The average molecular weight is 388 g/mol. The van der Waals surface area contributed by atoms with E-state index in [1.54, 1.807) is 17.0 Å². The Morgan fingerprint density at radius 1 is 1.03 bits per heavy atom. The highest BCUT2D eigenvalue weighted by molar-refractivity contribution is 5.96. The molecule has 148 valence electrons. The van der Waals surface area contributed by atoms with E-state index in [0.717, 1.165) is 11.1 Å². The first kappa shape index (κ1) is 19.0. The predicted octanol–water partition coefficient (Wildman–Crippen LogP) is 3.77. The fourth-order valence-corrected chi connectivity index (χ4v) is 3.78. The molecule has 2 unspecified atom stereocenters. The number of carbonyl (C=O) groups is 2. The summed E-state index contributed by atoms with van der Waals surface area (Å²) in [5, 5.41) is 3.05. The Morgan fingerprint density at radius 3 is 2.48 bits per heavy atom. The first-order chi connectivity index (χ1) is 14.1. The molecule has 2 amide bonds. The Balaban J connectivity index is 1.52. The van der Waals surface area contributed by atoms with Crippen molar-refractivity contribution in [1.82, 2.24) is 10.2 Å². The van der Waals surface area contributed by atoms with Crippen molar-refractivity contribution in [2.45, 2.75) is 31.8 Å². The first-order valence-electron chi connectivity index (χ1n) is 9.87. The van der Waals surface area contributed by atoms with Crippen molar-refractivity contribution < 1.29 is 14.0 Å². The molecule has 0 spiro atoms. The summed E-state index contributed by atoms with van der Waals surface area (Å²) < 4.78 is 5.30. The SMILES string of the molecule is CC(CNC(=O)C1Cc2ccccc2CN1C(=O)c1ccco1)c1ccccc1. The maximum atomic E-state index is 13.1. The fraction of sp³-hybridized carbons (Fsp3) is 0.250. The minimum absolute atomic E-state index is 0.137. The van der Waals surface area contributed by atoms with Crippen molar-refractivity contribution in [3.8, 4) is 0 Å². The summed E-state index contributed by atoms with van der Waals surface area (Å²) in [6.45, 7) is 2.99. The molecule has 1 N–H and O–H groups in total. The van der Waals surface area contributed by atoms with Gasteiger partial charge >= 0.3 is 0 Å². The first-order valence-corrected chi connectivity index (χ1v) is 9.87. The molecule has 0 bridgehead atoms. The smallest absolute Gasteiger partial charge is 0.290 e. The van der Waals surface area contributed by atoms with Crippen LogP contribution in [-0.2, 0) is 17.8 Å². The molecule has 5 heteroatoms. The molecule has 4 rings (SSSR count). The molecular formula is C24H24N2O3. The van der Waals surface area contributed by atoms with Gasteiger partial charge in [0.1, 0.15) is 6.04 Å². The molecule has 0 saturated carbocycles. The normalized spacial score (nSPS) is 16.7. The van der Waals surface area contributed by atoms with Crippen LogP contribution in [0.1, 0.15) is 40.1 Å². The standard InChI is InChI=1S/C24H24N2O3/c1-17(18-8-3-2-4-9-18)15-25-23(27)21-14-19-10-5-6-11-20(19)16-26(21)24(28)22-12-7-13-29-22/h2-13,17,21H,14-16H2,1H3,(H,25,27). The molecule has 0 radical (unpaired) electrons. The monoisotopic (exact) mass is 388 g/mol. The lowest BCUT2D eigenvalue weighted by Gasteiger charge is -2.35. The second-order valence-corrected chi connectivity index (χ2v) is 7.46. The minimum Gasteiger partial charge on any atom is -0.459 e. The molecule has 0 fully saturated rings. The summed E-state index contributed by atoms with van der Waals surface area (Å²) in [4.78, 5) is 27.7. The number of carbonyl (C=O) groups excluding carboxylic acids is 2. The highest BCUT2D eigenvalue weighted by Gasteiger charge is 2.35. The van der Waals surface area contributed by atoms with Crippen LogP contribution >= 0.6 is 0 Å². The third-order valence-corrected chi connectivity index (χ3v) is 5.50. The number of fused-ring (bicyclic) bond motifs is 1. The van der Waals surface area contributed by atoms with Gasteiger partial charge in [-0.3, -0.25) is 9.59 Å². The molecule has 2 heterocycles. The van der Waals surface area contributed by atoms with Crippen LogP contribution in [0.2, 0.25) is 0 Å². The number of furan rings is 1. The quantitative estimate of drug-likeness (QED) is 0.724. The van der Waals surface area contributed by atoms with Gasteiger partial charge in [0.05, 0.1) is 6.26 Å². The van der Waals surface area contributed by atoms with Gasteiger partial charge in [-0.15, -0.1) is 0 Å². The zero-order valence-electron chi connectivity index (χ0n) is 16.4. The van der Waals surface area contributed by atoms with Crippen LogP contribution in [0, 0.1) is 0 Å². The molecule has 1 aliphatic heterocycles. The van der Waals surface area contributed by atoms with Crippen molar-refractivity contribution in [2.24, 2.45) is 0 Å². The van der Waals surface area contributed by atoms with E-state index in [1.807, 2.05) is 42.5 Å². The van der Waals surface area contributed by atoms with E-state index in [9.17, 15) is 9.59 Å². The lowest BCUT2D eigenvalue weighted by atomic mass is 9.93. The van der Waals surface area contributed by atoms with E-state index in [2.05, 4.69) is 24.4 Å². The number of nitrogens with one attached hydrogen (secondary N) is 1. The van der Waals surface area contributed by atoms with E-state index < -0.39 is 6.04 Å². The van der Waals surface area contributed by atoms with E-state index in [-0.39, 0.29) is 23.5 Å². The topological polar surface area (TPSA) is 62.6 Å². The minimum atomic E-state index is -0.564. The van der Waals surface area contributed by atoms with Crippen molar-refractivity contribution in [1.29, 1.82) is 0 Å². The van der Waals surface area contributed by atoms with Gasteiger partial charge < -0.3 is 14.6 Å². The number of benzene rings is 2. The van der Waals surface area contributed by atoms with Crippen LogP contribution < -0.4 is 5.32 Å². The third kappa shape index (κ3) is 4.09. The van der Waals surface area contributed by atoms with E-state index in [1.165, 1.54) is 11.8 Å². The molecule has 0 aliphatic carbocycles. The Kier molecular flexibility index (Phi) is 5.47. The molecule has 1 aromatic heterocycles. The second kappa shape index (κ2) is 8.35. The Hall–Kier alpha value is -3.34. The summed E-state index contributed by atoms with van der Waals surface area (Å²) in [6, 6.07) is 20.8. The zero-order valence-corrected chi connectivity index (χ0v) is 16.4. The summed E-state index contributed by atoms with van der Waals surface area (Å²) in [5.41, 5.74) is 3.34. The lowest BCUT2D eigenvalue weighted by Crippen LogP contribution is -2.53. The van der Waals surface area contributed by atoms with Gasteiger partial charge in [-0.05, 0) is 34.7 Å².